The van der Waals surface area contributed by atoms with Crippen LogP contribution in [0, 0.1) is 0 Å². The summed E-state index contributed by atoms with van der Waals surface area (Å²) >= 11 is 6.83. The maximum absolute atomic E-state index is 12.9. The van der Waals surface area contributed by atoms with E-state index in [4.69, 9.17) is 11.6 Å². The van der Waals surface area contributed by atoms with E-state index in [1.807, 2.05) is 0 Å². The Morgan fingerprint density at radius 2 is 2.03 bits per heavy atom. The number of halogens is 4. The second-order valence-corrected chi connectivity index (χ2v) is 8.21. The number of fused-ring (bicyclic) bond motifs is 1. The molecule has 0 aliphatic carbocycles. The molecule has 0 saturated carbocycles. The number of nitrogens with zero attached hydrogens (tertiary/aromatic N) is 3. The second-order valence-electron chi connectivity index (χ2n) is 6.94. The fourth-order valence-electron chi connectivity index (χ4n) is 3.13. The molecular weight excluding hydrogens is 483 g/mol. The first kappa shape index (κ1) is 22.7. The zero-order chi connectivity index (χ0) is 23.9. The lowest BCUT2D eigenvalue weighted by Crippen LogP contribution is -2.33. The highest BCUT2D eigenvalue weighted by Gasteiger charge is 2.33. The molecule has 0 fully saturated rings. The highest BCUT2D eigenvalue weighted by atomic mass is 35.5. The molecule has 4 rings (SSSR count). The molecule has 0 spiro atoms. The highest BCUT2D eigenvalue weighted by Crippen LogP contribution is 2.37. The maximum Gasteiger partial charge on any atom is 0.417 e. The molecule has 3 aromatic heterocycles. The summed E-state index contributed by atoms with van der Waals surface area (Å²) in [6, 6.07) is 4.77. The van der Waals surface area contributed by atoms with Gasteiger partial charge in [-0.2, -0.15) is 13.2 Å². The number of hydrogen-bond acceptors (Lipinski definition) is 6. The van der Waals surface area contributed by atoms with Crippen LogP contribution in [0.25, 0.3) is 22.3 Å². The van der Waals surface area contributed by atoms with E-state index in [0.717, 1.165) is 28.0 Å². The number of pyridine rings is 1. The van der Waals surface area contributed by atoms with E-state index in [1.165, 1.54) is 25.4 Å². The van der Waals surface area contributed by atoms with Crippen LogP contribution < -0.4 is 16.6 Å². The van der Waals surface area contributed by atoms with Crippen molar-refractivity contribution in [3.63, 3.8) is 0 Å². The van der Waals surface area contributed by atoms with Gasteiger partial charge in [-0.3, -0.25) is 19.1 Å². The van der Waals surface area contributed by atoms with Crippen LogP contribution in [0.4, 0.5) is 18.3 Å². The zero-order valence-corrected chi connectivity index (χ0v) is 18.2. The third kappa shape index (κ3) is 4.52. The number of aromatic amines is 1. The molecule has 0 bridgehead atoms. The lowest BCUT2D eigenvalue weighted by molar-refractivity contribution is -0.137. The zero-order valence-electron chi connectivity index (χ0n) is 16.7. The van der Waals surface area contributed by atoms with Crippen LogP contribution in [0.15, 0.2) is 45.4 Å². The van der Waals surface area contributed by atoms with Gasteiger partial charge in [-0.15, -0.1) is 11.3 Å². The van der Waals surface area contributed by atoms with Crippen molar-refractivity contribution in [2.75, 3.05) is 5.32 Å². The number of aromatic nitrogens is 4. The fourth-order valence-corrected chi connectivity index (χ4v) is 4.16. The van der Waals surface area contributed by atoms with Crippen LogP contribution in [0.2, 0.25) is 5.02 Å². The lowest BCUT2D eigenvalue weighted by Gasteiger charge is -2.09. The third-order valence-corrected chi connectivity index (χ3v) is 5.83. The van der Waals surface area contributed by atoms with Gasteiger partial charge in [0, 0.05) is 24.2 Å². The van der Waals surface area contributed by atoms with Crippen molar-refractivity contribution in [2.45, 2.75) is 12.6 Å². The van der Waals surface area contributed by atoms with E-state index in [9.17, 15) is 27.6 Å². The Kier molecular flexibility index (Phi) is 5.80. The number of rotatable bonds is 4. The number of alkyl halides is 3. The molecule has 0 unspecified atom stereocenters. The van der Waals surface area contributed by atoms with Gasteiger partial charge in [-0.1, -0.05) is 17.7 Å². The molecule has 13 heteroatoms. The molecule has 8 nitrogen and oxygen atoms in total. The van der Waals surface area contributed by atoms with Gasteiger partial charge in [-0.05, 0) is 23.8 Å². The summed E-state index contributed by atoms with van der Waals surface area (Å²) in [6.45, 7) is 0. The Morgan fingerprint density at radius 3 is 2.73 bits per heavy atom. The first-order valence-corrected chi connectivity index (χ1v) is 10.5. The molecule has 0 aliphatic rings. The predicted molar refractivity (Wildman–Crippen MR) is 118 cm³/mol. The van der Waals surface area contributed by atoms with Gasteiger partial charge in [0.15, 0.2) is 5.13 Å². The Balaban J connectivity index is 1.55. The van der Waals surface area contributed by atoms with Crippen molar-refractivity contribution in [2.24, 2.45) is 7.05 Å². The van der Waals surface area contributed by atoms with E-state index in [-0.39, 0.29) is 22.6 Å². The molecule has 33 heavy (non-hydrogen) atoms. The summed E-state index contributed by atoms with van der Waals surface area (Å²) in [5.74, 6) is -0.484. The van der Waals surface area contributed by atoms with Crippen molar-refractivity contribution in [1.29, 1.82) is 0 Å². The highest BCUT2D eigenvalue weighted by molar-refractivity contribution is 7.14. The molecular formula is C20H13ClF3N5O3S. The Morgan fingerprint density at radius 1 is 1.27 bits per heavy atom. The number of carbonyl (C=O) groups excluding carboxylic acids is 1. The molecule has 0 aliphatic heterocycles. The van der Waals surface area contributed by atoms with Gasteiger partial charge < -0.3 is 5.32 Å². The standard InChI is InChI=1S/C20H13ClF3N5O3S/c1-29-17(31)15-10(4-5-25-16(15)28-19(29)32)7-14(30)27-18-26-13(8-33-18)9-2-3-11(12(21)6-9)20(22,23)24/h2-6,8H,7H2,1H3,(H,25,28,32)(H,26,27,30). The van der Waals surface area contributed by atoms with Gasteiger partial charge in [-0.25, -0.2) is 14.8 Å². The largest absolute Gasteiger partial charge is 0.417 e. The van der Waals surface area contributed by atoms with Crippen molar-refractivity contribution in [3.05, 3.63) is 72.8 Å². The van der Waals surface area contributed by atoms with E-state index in [0.29, 0.717) is 16.8 Å². The summed E-state index contributed by atoms with van der Waals surface area (Å²) in [4.78, 5) is 47.4. The molecule has 0 saturated heterocycles. The van der Waals surface area contributed by atoms with Crippen LogP contribution >= 0.6 is 22.9 Å². The van der Waals surface area contributed by atoms with Crippen LogP contribution in [0.5, 0.6) is 0 Å². The normalized spacial score (nSPS) is 11.7. The summed E-state index contributed by atoms with van der Waals surface area (Å²) in [6.07, 6.45) is -3.39. The number of nitrogens with one attached hydrogen (secondary N) is 2. The summed E-state index contributed by atoms with van der Waals surface area (Å²) < 4.78 is 39.5. The van der Waals surface area contributed by atoms with Gasteiger partial charge in [0.1, 0.15) is 5.65 Å². The predicted octanol–water partition coefficient (Wildman–Crippen LogP) is 3.60. The van der Waals surface area contributed by atoms with E-state index in [2.05, 4.69) is 20.3 Å². The first-order valence-electron chi connectivity index (χ1n) is 9.24. The Labute approximate surface area is 191 Å². The molecule has 0 atom stereocenters. The average Bonchev–Trinajstić information content (AvgIpc) is 3.19. The topological polar surface area (TPSA) is 110 Å². The van der Waals surface area contributed by atoms with Crippen LogP contribution in [0.3, 0.4) is 0 Å². The van der Waals surface area contributed by atoms with Gasteiger partial charge in [0.25, 0.3) is 5.56 Å². The second kappa shape index (κ2) is 8.45. The number of benzene rings is 1. The van der Waals surface area contributed by atoms with Crippen LogP contribution in [-0.2, 0) is 24.4 Å². The number of hydrogen-bond donors (Lipinski definition) is 2. The van der Waals surface area contributed by atoms with Gasteiger partial charge in [0.2, 0.25) is 5.91 Å². The maximum atomic E-state index is 12.9. The monoisotopic (exact) mass is 495 g/mol. The van der Waals surface area contributed by atoms with Crippen LogP contribution in [0.1, 0.15) is 11.1 Å². The quantitative estimate of drug-likeness (QED) is 0.449. The molecule has 2 N–H and O–H groups in total. The van der Waals surface area contributed by atoms with Crippen molar-refractivity contribution < 1.29 is 18.0 Å². The van der Waals surface area contributed by atoms with Crippen molar-refractivity contribution >= 4 is 45.0 Å². The van der Waals surface area contributed by atoms with Crippen LogP contribution in [-0.4, -0.2) is 25.4 Å². The third-order valence-electron chi connectivity index (χ3n) is 4.76. The Bertz CT molecular complexity index is 1510. The molecule has 4 aromatic rings. The minimum absolute atomic E-state index is 0.0733. The minimum atomic E-state index is -4.57. The SMILES string of the molecule is Cn1c(=O)[nH]c2nccc(CC(=O)Nc3nc(-c4ccc(C(F)(F)F)c(Cl)c4)cs3)c2c1=O. The minimum Gasteiger partial charge on any atom is -0.302 e. The molecule has 170 valence electrons. The van der Waals surface area contributed by atoms with Gasteiger partial charge >= 0.3 is 11.9 Å². The summed E-state index contributed by atoms with van der Waals surface area (Å²) in [5, 5.41) is 4.04. The Hall–Kier alpha value is -3.51. The van der Waals surface area contributed by atoms with E-state index in [1.54, 1.807) is 5.38 Å². The van der Waals surface area contributed by atoms with Crippen molar-refractivity contribution in [3.8, 4) is 11.3 Å². The first-order chi connectivity index (χ1) is 15.5. The molecule has 0 radical (unpaired) electrons. The van der Waals surface area contributed by atoms with Crippen molar-refractivity contribution in [1.82, 2.24) is 19.5 Å². The molecule has 3 heterocycles. The number of thiazole rings is 1. The average molecular weight is 496 g/mol. The molecule has 1 amide bonds. The number of anilines is 1. The van der Waals surface area contributed by atoms with E-state index >= 15 is 0 Å². The number of amides is 1. The number of carbonyl (C=O) groups is 1. The fraction of sp³-hybridized carbons (Fsp3) is 0.150. The van der Waals surface area contributed by atoms with E-state index < -0.39 is 33.9 Å². The smallest absolute Gasteiger partial charge is 0.302 e. The number of H-pyrrole nitrogens is 1. The summed E-state index contributed by atoms with van der Waals surface area (Å²) in [5.41, 5.74) is -1.02. The molecule has 1 aromatic carbocycles. The lowest BCUT2D eigenvalue weighted by atomic mass is 10.1. The summed E-state index contributed by atoms with van der Waals surface area (Å²) in [7, 11) is 1.31. The van der Waals surface area contributed by atoms with Gasteiger partial charge in [0.05, 0.1) is 28.1 Å².